The summed E-state index contributed by atoms with van der Waals surface area (Å²) in [5.74, 6) is 0.935. The van der Waals surface area contributed by atoms with Gasteiger partial charge < -0.3 is 10.6 Å². The SMILES string of the molecule is CCCCCCNC(=NCCCn1cccn1)NCC.I. The molecular weight excluding hydrogens is 377 g/mol. The van der Waals surface area contributed by atoms with E-state index in [2.05, 4.69) is 34.6 Å². The van der Waals surface area contributed by atoms with Gasteiger partial charge in [-0.1, -0.05) is 26.2 Å². The van der Waals surface area contributed by atoms with Crippen molar-refractivity contribution in [3.05, 3.63) is 18.5 Å². The molecule has 1 heterocycles. The van der Waals surface area contributed by atoms with Gasteiger partial charge in [-0.25, -0.2) is 0 Å². The third kappa shape index (κ3) is 10.6. The summed E-state index contributed by atoms with van der Waals surface area (Å²) in [6.45, 7) is 7.98. The molecule has 1 rings (SSSR count). The number of aryl methyl sites for hydroxylation is 1. The van der Waals surface area contributed by atoms with Crippen LogP contribution in [0.1, 0.15) is 46.0 Å². The predicted molar refractivity (Wildman–Crippen MR) is 100 cm³/mol. The Morgan fingerprint density at radius 3 is 2.67 bits per heavy atom. The van der Waals surface area contributed by atoms with Gasteiger partial charge in [0.2, 0.25) is 0 Å². The molecule has 0 unspecified atom stereocenters. The maximum absolute atomic E-state index is 4.58. The van der Waals surface area contributed by atoms with E-state index in [9.17, 15) is 0 Å². The Bertz CT molecular complexity index is 351. The zero-order chi connectivity index (χ0) is 14.5. The first-order valence-electron chi connectivity index (χ1n) is 7.86. The summed E-state index contributed by atoms with van der Waals surface area (Å²) < 4.78 is 1.95. The van der Waals surface area contributed by atoms with E-state index in [1.165, 1.54) is 25.7 Å². The van der Waals surface area contributed by atoms with Gasteiger partial charge in [0, 0.05) is 38.6 Å². The number of hydrogen-bond donors (Lipinski definition) is 2. The van der Waals surface area contributed by atoms with Gasteiger partial charge in [-0.2, -0.15) is 5.10 Å². The first-order chi connectivity index (χ1) is 9.86. The van der Waals surface area contributed by atoms with Crippen molar-refractivity contribution >= 4 is 29.9 Å². The lowest BCUT2D eigenvalue weighted by molar-refractivity contribution is 0.583. The van der Waals surface area contributed by atoms with E-state index in [0.717, 1.165) is 38.6 Å². The average Bonchev–Trinajstić information content (AvgIpc) is 2.96. The normalized spacial score (nSPS) is 11.0. The molecule has 0 fully saturated rings. The highest BCUT2D eigenvalue weighted by Gasteiger charge is 1.96. The molecule has 0 aliphatic carbocycles. The van der Waals surface area contributed by atoms with Gasteiger partial charge in [-0.3, -0.25) is 9.67 Å². The number of rotatable bonds is 10. The quantitative estimate of drug-likeness (QED) is 0.271. The standard InChI is InChI=1S/C15H29N5.HI/c1-3-5-6-7-10-17-15(16-4-2)18-11-8-13-20-14-9-12-19-20;/h9,12,14H,3-8,10-11,13H2,1-2H3,(H2,16,17,18);1H. The van der Waals surface area contributed by atoms with Gasteiger partial charge in [0.05, 0.1) is 0 Å². The second-order valence-electron chi connectivity index (χ2n) is 4.87. The molecule has 0 aromatic carbocycles. The number of nitrogens with zero attached hydrogens (tertiary/aromatic N) is 3. The smallest absolute Gasteiger partial charge is 0.191 e. The Morgan fingerprint density at radius 2 is 2.00 bits per heavy atom. The van der Waals surface area contributed by atoms with Crippen LogP contribution in [0.2, 0.25) is 0 Å². The predicted octanol–water partition coefficient (Wildman–Crippen LogP) is 3.03. The Hall–Kier alpha value is -0.790. The molecule has 0 saturated carbocycles. The summed E-state index contributed by atoms with van der Waals surface area (Å²) in [6.07, 6.45) is 9.91. The Morgan fingerprint density at radius 1 is 1.14 bits per heavy atom. The van der Waals surface area contributed by atoms with E-state index in [4.69, 9.17) is 0 Å². The number of aromatic nitrogens is 2. The minimum atomic E-state index is 0. The van der Waals surface area contributed by atoms with Crippen molar-refractivity contribution in [2.45, 2.75) is 52.5 Å². The number of unbranched alkanes of at least 4 members (excludes halogenated alkanes) is 3. The molecule has 1 aromatic rings. The fraction of sp³-hybridized carbons (Fsp3) is 0.733. The largest absolute Gasteiger partial charge is 0.357 e. The van der Waals surface area contributed by atoms with Crippen molar-refractivity contribution in [2.24, 2.45) is 4.99 Å². The monoisotopic (exact) mass is 407 g/mol. The van der Waals surface area contributed by atoms with Crippen LogP contribution in [-0.4, -0.2) is 35.4 Å². The van der Waals surface area contributed by atoms with Gasteiger partial charge in [0.25, 0.3) is 0 Å². The van der Waals surface area contributed by atoms with E-state index in [1.807, 2.05) is 23.1 Å². The molecule has 0 radical (unpaired) electrons. The van der Waals surface area contributed by atoms with Crippen molar-refractivity contribution in [2.75, 3.05) is 19.6 Å². The molecule has 0 spiro atoms. The summed E-state index contributed by atoms with van der Waals surface area (Å²) in [4.78, 5) is 4.58. The second kappa shape index (κ2) is 14.2. The number of halogens is 1. The molecule has 0 atom stereocenters. The van der Waals surface area contributed by atoms with Crippen molar-refractivity contribution in [1.29, 1.82) is 0 Å². The van der Waals surface area contributed by atoms with E-state index < -0.39 is 0 Å². The van der Waals surface area contributed by atoms with Crippen LogP contribution in [0, 0.1) is 0 Å². The average molecular weight is 407 g/mol. The highest BCUT2D eigenvalue weighted by Crippen LogP contribution is 1.97. The van der Waals surface area contributed by atoms with Gasteiger partial charge in [-0.05, 0) is 25.8 Å². The maximum atomic E-state index is 4.58. The molecular formula is C15H30IN5. The second-order valence-corrected chi connectivity index (χ2v) is 4.87. The van der Waals surface area contributed by atoms with Crippen LogP contribution < -0.4 is 10.6 Å². The third-order valence-electron chi connectivity index (χ3n) is 3.04. The molecule has 0 saturated heterocycles. The molecule has 21 heavy (non-hydrogen) atoms. The van der Waals surface area contributed by atoms with E-state index in [0.29, 0.717) is 0 Å². The van der Waals surface area contributed by atoms with Gasteiger partial charge in [-0.15, -0.1) is 24.0 Å². The number of aliphatic imine (C=N–C) groups is 1. The van der Waals surface area contributed by atoms with E-state index >= 15 is 0 Å². The van der Waals surface area contributed by atoms with E-state index in [1.54, 1.807) is 0 Å². The Kier molecular flexibility index (Phi) is 13.6. The Balaban J connectivity index is 0.00000400. The van der Waals surface area contributed by atoms with Crippen LogP contribution in [0.25, 0.3) is 0 Å². The molecule has 0 aliphatic heterocycles. The van der Waals surface area contributed by atoms with Crippen LogP contribution in [0.4, 0.5) is 0 Å². The fourth-order valence-corrected chi connectivity index (χ4v) is 1.96. The van der Waals surface area contributed by atoms with Crippen LogP contribution in [0.3, 0.4) is 0 Å². The molecule has 0 bridgehead atoms. The lowest BCUT2D eigenvalue weighted by Gasteiger charge is -2.11. The van der Waals surface area contributed by atoms with Crippen molar-refractivity contribution in [3.8, 4) is 0 Å². The summed E-state index contributed by atoms with van der Waals surface area (Å²) in [6, 6.07) is 1.95. The minimum absolute atomic E-state index is 0. The molecule has 1 aromatic heterocycles. The van der Waals surface area contributed by atoms with E-state index in [-0.39, 0.29) is 24.0 Å². The number of nitrogens with one attached hydrogen (secondary N) is 2. The van der Waals surface area contributed by atoms with Crippen LogP contribution in [0.5, 0.6) is 0 Å². The van der Waals surface area contributed by atoms with Gasteiger partial charge >= 0.3 is 0 Å². The maximum Gasteiger partial charge on any atom is 0.191 e. The minimum Gasteiger partial charge on any atom is -0.357 e. The van der Waals surface area contributed by atoms with Crippen molar-refractivity contribution in [3.63, 3.8) is 0 Å². The summed E-state index contributed by atoms with van der Waals surface area (Å²) >= 11 is 0. The summed E-state index contributed by atoms with van der Waals surface area (Å²) in [5.41, 5.74) is 0. The number of hydrogen-bond acceptors (Lipinski definition) is 2. The molecule has 0 aliphatic rings. The van der Waals surface area contributed by atoms with Crippen molar-refractivity contribution < 1.29 is 0 Å². The highest BCUT2D eigenvalue weighted by molar-refractivity contribution is 14.0. The number of guanidine groups is 1. The molecule has 0 amide bonds. The first kappa shape index (κ1) is 20.2. The summed E-state index contributed by atoms with van der Waals surface area (Å²) in [7, 11) is 0. The zero-order valence-corrected chi connectivity index (χ0v) is 15.7. The zero-order valence-electron chi connectivity index (χ0n) is 13.3. The lowest BCUT2D eigenvalue weighted by Crippen LogP contribution is -2.37. The topological polar surface area (TPSA) is 54.2 Å². The molecule has 5 nitrogen and oxygen atoms in total. The summed E-state index contributed by atoms with van der Waals surface area (Å²) in [5, 5.41) is 10.9. The van der Waals surface area contributed by atoms with Gasteiger partial charge in [0.15, 0.2) is 5.96 Å². The molecule has 122 valence electrons. The van der Waals surface area contributed by atoms with Gasteiger partial charge in [0.1, 0.15) is 0 Å². The first-order valence-corrected chi connectivity index (χ1v) is 7.86. The third-order valence-corrected chi connectivity index (χ3v) is 3.04. The fourth-order valence-electron chi connectivity index (χ4n) is 1.96. The molecule has 2 N–H and O–H groups in total. The van der Waals surface area contributed by atoms with Crippen LogP contribution >= 0.6 is 24.0 Å². The Labute approximate surface area is 146 Å². The highest BCUT2D eigenvalue weighted by atomic mass is 127. The lowest BCUT2D eigenvalue weighted by atomic mass is 10.2. The van der Waals surface area contributed by atoms with Crippen LogP contribution in [-0.2, 0) is 6.54 Å². The molecule has 6 heteroatoms. The van der Waals surface area contributed by atoms with Crippen molar-refractivity contribution in [1.82, 2.24) is 20.4 Å². The van der Waals surface area contributed by atoms with Crippen LogP contribution in [0.15, 0.2) is 23.5 Å².